The van der Waals surface area contributed by atoms with Crippen LogP contribution in [0.4, 0.5) is 10.1 Å². The largest absolute Gasteiger partial charge is 0.321 e. The van der Waals surface area contributed by atoms with Crippen molar-refractivity contribution < 1.29 is 17.6 Å². The Morgan fingerprint density at radius 2 is 1.87 bits per heavy atom. The number of rotatable bonds is 5. The highest BCUT2D eigenvalue weighted by atomic mass is 32.2. The summed E-state index contributed by atoms with van der Waals surface area (Å²) in [5.74, 6) is -0.450. The molecule has 1 aromatic heterocycles. The summed E-state index contributed by atoms with van der Waals surface area (Å²) in [5.41, 5.74) is -0.136. The molecule has 158 valence electrons. The normalized spacial score (nSPS) is 16.5. The molecular weight excluding hydrogens is 405 g/mol. The van der Waals surface area contributed by atoms with Gasteiger partial charge in [0.2, 0.25) is 0 Å². The predicted molar refractivity (Wildman–Crippen MR) is 114 cm³/mol. The van der Waals surface area contributed by atoms with Gasteiger partial charge in [-0.25, -0.2) is 12.8 Å². The minimum absolute atomic E-state index is 0.0216. The van der Waals surface area contributed by atoms with Crippen molar-refractivity contribution in [2.45, 2.75) is 49.2 Å². The number of nitrogens with one attached hydrogen (secondary N) is 1. The third kappa shape index (κ3) is 4.23. The third-order valence-electron chi connectivity index (χ3n) is 5.56. The number of nitrogens with zero attached hydrogens (tertiary/aromatic N) is 2. The van der Waals surface area contributed by atoms with E-state index in [-0.39, 0.29) is 17.1 Å². The lowest BCUT2D eigenvalue weighted by Crippen LogP contribution is -2.33. The number of amides is 1. The van der Waals surface area contributed by atoms with Crippen molar-refractivity contribution in [2.24, 2.45) is 0 Å². The van der Waals surface area contributed by atoms with Crippen molar-refractivity contribution in [3.8, 4) is 0 Å². The Morgan fingerprint density at radius 1 is 1.13 bits per heavy atom. The summed E-state index contributed by atoms with van der Waals surface area (Å²) in [6.45, 7) is 0.0216. The van der Waals surface area contributed by atoms with Crippen LogP contribution in [0.25, 0.3) is 10.9 Å². The smallest absolute Gasteiger partial charge is 0.274 e. The van der Waals surface area contributed by atoms with Gasteiger partial charge in [-0.3, -0.25) is 9.48 Å². The summed E-state index contributed by atoms with van der Waals surface area (Å²) in [6, 6.07) is 13.3. The molecule has 0 bridgehead atoms. The minimum Gasteiger partial charge on any atom is -0.321 e. The number of halogens is 1. The number of fused-ring (bicyclic) bond motifs is 1. The Balaban J connectivity index is 1.70. The molecule has 3 aromatic rings. The summed E-state index contributed by atoms with van der Waals surface area (Å²) in [6.07, 6.45) is 4.72. The van der Waals surface area contributed by atoms with Crippen molar-refractivity contribution >= 4 is 32.3 Å². The van der Waals surface area contributed by atoms with Gasteiger partial charge in [-0.1, -0.05) is 43.5 Å². The topological polar surface area (TPSA) is 81.1 Å². The Kier molecular flexibility index (Phi) is 5.36. The van der Waals surface area contributed by atoms with Crippen molar-refractivity contribution in [3.05, 3.63) is 54.2 Å². The zero-order valence-electron chi connectivity index (χ0n) is 16.8. The van der Waals surface area contributed by atoms with Gasteiger partial charge < -0.3 is 5.32 Å². The van der Waals surface area contributed by atoms with Gasteiger partial charge in [-0.05, 0) is 37.1 Å². The van der Waals surface area contributed by atoms with Crippen LogP contribution in [-0.2, 0) is 16.4 Å². The van der Waals surface area contributed by atoms with Gasteiger partial charge in [0, 0.05) is 17.3 Å². The Morgan fingerprint density at radius 3 is 2.60 bits per heavy atom. The fourth-order valence-corrected chi connectivity index (χ4v) is 4.71. The van der Waals surface area contributed by atoms with Crippen molar-refractivity contribution in [1.82, 2.24) is 9.78 Å². The Labute approximate surface area is 175 Å². The highest BCUT2D eigenvalue weighted by molar-refractivity contribution is 7.90. The molecule has 1 N–H and O–H groups in total. The van der Waals surface area contributed by atoms with Crippen LogP contribution in [0.5, 0.6) is 0 Å². The lowest BCUT2D eigenvalue weighted by molar-refractivity contribution is 0.0792. The summed E-state index contributed by atoms with van der Waals surface area (Å²) >= 11 is 0. The van der Waals surface area contributed by atoms with Crippen molar-refractivity contribution in [2.75, 3.05) is 11.6 Å². The first-order valence-electron chi connectivity index (χ1n) is 10.0. The molecule has 0 saturated heterocycles. The average Bonchev–Trinajstić information content (AvgIpc) is 3.05. The lowest BCUT2D eigenvalue weighted by Gasteiger charge is -2.29. The van der Waals surface area contributed by atoms with Gasteiger partial charge in [0.15, 0.2) is 9.84 Å². The maximum absolute atomic E-state index is 15.4. The van der Waals surface area contributed by atoms with E-state index in [1.165, 1.54) is 16.8 Å². The number of hydrogen-bond donors (Lipinski definition) is 1. The number of carbonyl (C=O) groups is 1. The fourth-order valence-electron chi connectivity index (χ4n) is 4.04. The summed E-state index contributed by atoms with van der Waals surface area (Å²) in [5, 5.41) is 7.88. The first kappa shape index (κ1) is 20.5. The van der Waals surface area contributed by atoms with E-state index in [0.29, 0.717) is 29.4 Å². The molecule has 30 heavy (non-hydrogen) atoms. The number of alkyl halides is 1. The predicted octanol–water partition coefficient (Wildman–Crippen LogP) is 4.36. The monoisotopic (exact) mass is 429 g/mol. The van der Waals surface area contributed by atoms with Crippen LogP contribution in [-0.4, -0.2) is 36.0 Å². The molecule has 2 aromatic carbocycles. The molecule has 0 radical (unpaired) electrons. The molecule has 1 aliphatic carbocycles. The maximum Gasteiger partial charge on any atom is 0.274 e. The van der Waals surface area contributed by atoms with Crippen LogP contribution in [0.3, 0.4) is 0 Å². The molecule has 0 atom stereocenters. The van der Waals surface area contributed by atoms with E-state index in [1.54, 1.807) is 30.3 Å². The van der Waals surface area contributed by atoms with E-state index in [2.05, 4.69) is 10.4 Å². The van der Waals surface area contributed by atoms with Crippen LogP contribution in [0, 0.1) is 0 Å². The third-order valence-corrected chi connectivity index (χ3v) is 6.67. The zero-order valence-corrected chi connectivity index (χ0v) is 17.6. The van der Waals surface area contributed by atoms with Gasteiger partial charge in [-0.2, -0.15) is 5.10 Å². The van der Waals surface area contributed by atoms with Crippen LogP contribution in [0.2, 0.25) is 0 Å². The maximum atomic E-state index is 15.4. The SMILES string of the molecule is CS(=O)(=O)c1cccc(NC(=O)c2c3ccccc3nn2CC2(F)CCCCC2)c1. The molecule has 1 heterocycles. The molecule has 0 unspecified atom stereocenters. The molecule has 1 saturated carbocycles. The standard InChI is InChI=1S/C22H24FN3O3S/c1-30(28,29)17-9-7-8-16(14-17)24-21(27)20-18-10-3-4-11-19(18)25-26(20)15-22(23)12-5-2-6-13-22/h3-4,7-11,14H,2,5-6,12-13,15H2,1H3,(H,24,27). The van der Waals surface area contributed by atoms with Crippen molar-refractivity contribution in [1.29, 1.82) is 0 Å². The first-order chi connectivity index (χ1) is 14.3. The quantitative estimate of drug-likeness (QED) is 0.653. The second-order valence-electron chi connectivity index (χ2n) is 7.99. The summed E-state index contributed by atoms with van der Waals surface area (Å²) < 4.78 is 40.5. The summed E-state index contributed by atoms with van der Waals surface area (Å²) in [4.78, 5) is 13.3. The Bertz CT molecular complexity index is 1200. The second-order valence-corrected chi connectivity index (χ2v) is 10.0. The molecule has 6 nitrogen and oxygen atoms in total. The molecule has 1 aliphatic rings. The number of sulfone groups is 1. The highest BCUT2D eigenvalue weighted by Gasteiger charge is 2.34. The van der Waals surface area contributed by atoms with Crippen LogP contribution >= 0.6 is 0 Å². The zero-order chi connectivity index (χ0) is 21.4. The molecular formula is C22H24FN3O3S. The van der Waals surface area contributed by atoms with Gasteiger partial charge in [0.05, 0.1) is 17.0 Å². The molecule has 4 rings (SSSR count). The first-order valence-corrected chi connectivity index (χ1v) is 11.9. The van der Waals surface area contributed by atoms with E-state index >= 15 is 4.39 Å². The molecule has 0 aliphatic heterocycles. The van der Waals surface area contributed by atoms with Gasteiger partial charge in [-0.15, -0.1) is 0 Å². The van der Waals surface area contributed by atoms with E-state index in [9.17, 15) is 13.2 Å². The fraction of sp³-hybridized carbons (Fsp3) is 0.364. The van der Waals surface area contributed by atoms with E-state index in [1.807, 2.05) is 6.07 Å². The molecule has 1 fully saturated rings. The second kappa shape index (κ2) is 7.83. The lowest BCUT2D eigenvalue weighted by atomic mass is 9.86. The van der Waals surface area contributed by atoms with E-state index in [4.69, 9.17) is 0 Å². The molecule has 1 amide bonds. The number of hydrogen-bond acceptors (Lipinski definition) is 4. The summed E-state index contributed by atoms with van der Waals surface area (Å²) in [7, 11) is -3.40. The number of aromatic nitrogens is 2. The number of anilines is 1. The molecule has 0 spiro atoms. The van der Waals surface area contributed by atoms with Crippen LogP contribution in [0.1, 0.15) is 42.6 Å². The van der Waals surface area contributed by atoms with E-state index in [0.717, 1.165) is 25.5 Å². The number of benzene rings is 2. The van der Waals surface area contributed by atoms with Gasteiger partial charge >= 0.3 is 0 Å². The highest BCUT2D eigenvalue weighted by Crippen LogP contribution is 2.34. The van der Waals surface area contributed by atoms with Gasteiger partial charge in [0.25, 0.3) is 5.91 Å². The van der Waals surface area contributed by atoms with Crippen LogP contribution < -0.4 is 5.32 Å². The molecule has 8 heteroatoms. The number of carbonyl (C=O) groups excluding carboxylic acids is 1. The Hall–Kier alpha value is -2.74. The average molecular weight is 430 g/mol. The van der Waals surface area contributed by atoms with Crippen LogP contribution in [0.15, 0.2) is 53.4 Å². The minimum atomic E-state index is -3.40. The van der Waals surface area contributed by atoms with E-state index < -0.39 is 21.4 Å². The van der Waals surface area contributed by atoms with Gasteiger partial charge in [0.1, 0.15) is 11.4 Å². The van der Waals surface area contributed by atoms with Crippen molar-refractivity contribution in [3.63, 3.8) is 0 Å².